The van der Waals surface area contributed by atoms with Gasteiger partial charge in [0.2, 0.25) is 5.91 Å². The van der Waals surface area contributed by atoms with Crippen molar-refractivity contribution in [1.82, 2.24) is 10.6 Å². The van der Waals surface area contributed by atoms with E-state index in [0.717, 1.165) is 25.7 Å². The fraction of sp³-hybridized carbons (Fsp3) is 0.857. The number of alkyl carbamates (subject to hydrolysis) is 1. The Balaban J connectivity index is 1.24. The molecule has 0 aromatic rings. The first-order chi connectivity index (χ1) is 18.4. The van der Waals surface area contributed by atoms with Crippen molar-refractivity contribution >= 4 is 12.0 Å². The summed E-state index contributed by atoms with van der Waals surface area (Å²) in [6, 6.07) is 0. The van der Waals surface area contributed by atoms with Crippen molar-refractivity contribution in [3.63, 3.8) is 0 Å². The lowest BCUT2D eigenvalue weighted by Crippen LogP contribution is -2.36. The van der Waals surface area contributed by atoms with Crippen molar-refractivity contribution < 1.29 is 38.0 Å². The highest BCUT2D eigenvalue weighted by atomic mass is 16.6. The number of ether oxygens (including phenoxy) is 6. The van der Waals surface area contributed by atoms with E-state index in [-0.39, 0.29) is 17.4 Å². The topological polar surface area (TPSA) is 114 Å². The van der Waals surface area contributed by atoms with Crippen molar-refractivity contribution in [3.8, 4) is 11.8 Å². The molecule has 0 saturated heterocycles. The second-order valence-electron chi connectivity index (χ2n) is 10.5. The summed E-state index contributed by atoms with van der Waals surface area (Å²) in [7, 11) is 0. The third kappa shape index (κ3) is 14.9. The summed E-state index contributed by atoms with van der Waals surface area (Å²) < 4.78 is 32.6. The Morgan fingerprint density at radius 3 is 1.55 bits per heavy atom. The third-order valence-corrected chi connectivity index (χ3v) is 6.46. The molecule has 0 spiro atoms. The molecule has 0 heterocycles. The maximum atomic E-state index is 11.9. The van der Waals surface area contributed by atoms with Crippen LogP contribution in [0.1, 0.15) is 46.5 Å². The number of amides is 2. The van der Waals surface area contributed by atoms with Crippen LogP contribution < -0.4 is 10.6 Å². The van der Waals surface area contributed by atoms with Crippen LogP contribution in [-0.2, 0) is 33.2 Å². The van der Waals surface area contributed by atoms with Crippen LogP contribution in [0.15, 0.2) is 0 Å². The minimum Gasteiger partial charge on any atom is -0.449 e. The van der Waals surface area contributed by atoms with Crippen molar-refractivity contribution in [1.29, 1.82) is 0 Å². The molecular weight excluding hydrogens is 492 g/mol. The molecular formula is C28H48N2O8. The van der Waals surface area contributed by atoms with Gasteiger partial charge in [0.1, 0.15) is 0 Å². The van der Waals surface area contributed by atoms with Gasteiger partial charge in [-0.05, 0) is 30.6 Å². The van der Waals surface area contributed by atoms with Gasteiger partial charge in [-0.1, -0.05) is 20.8 Å². The van der Waals surface area contributed by atoms with Crippen molar-refractivity contribution in [2.24, 2.45) is 23.2 Å². The van der Waals surface area contributed by atoms with Gasteiger partial charge in [0, 0.05) is 31.3 Å². The van der Waals surface area contributed by atoms with Gasteiger partial charge in [-0.15, -0.1) is 11.8 Å². The number of carbonyl (C=O) groups is 2. The highest BCUT2D eigenvalue weighted by molar-refractivity contribution is 5.81. The van der Waals surface area contributed by atoms with Crippen LogP contribution in [0.2, 0.25) is 0 Å². The van der Waals surface area contributed by atoms with Gasteiger partial charge in [0.25, 0.3) is 0 Å². The minimum atomic E-state index is -0.386. The van der Waals surface area contributed by atoms with E-state index < -0.39 is 0 Å². The van der Waals surface area contributed by atoms with Gasteiger partial charge >= 0.3 is 6.09 Å². The largest absolute Gasteiger partial charge is 0.449 e. The first-order valence-electron chi connectivity index (χ1n) is 13.9. The highest BCUT2D eigenvalue weighted by Gasteiger charge is 2.49. The van der Waals surface area contributed by atoms with E-state index >= 15 is 0 Å². The highest BCUT2D eigenvalue weighted by Crippen LogP contribution is 2.52. The summed E-state index contributed by atoms with van der Waals surface area (Å²) in [5, 5.41) is 5.56. The smallest absolute Gasteiger partial charge is 0.407 e. The molecule has 2 amide bonds. The number of carbonyl (C=O) groups excluding carboxylic acids is 2. The van der Waals surface area contributed by atoms with E-state index in [2.05, 4.69) is 22.5 Å². The van der Waals surface area contributed by atoms with Gasteiger partial charge in [-0.25, -0.2) is 4.79 Å². The first kappa shape index (κ1) is 32.3. The quantitative estimate of drug-likeness (QED) is 0.179. The molecule has 2 aliphatic rings. The Kier molecular flexibility index (Phi) is 16.3. The summed E-state index contributed by atoms with van der Waals surface area (Å²) in [4.78, 5) is 23.6. The average molecular weight is 541 g/mol. The normalized spacial score (nSPS) is 20.3. The molecule has 10 heteroatoms. The fourth-order valence-electron chi connectivity index (χ4n) is 4.21. The molecule has 3 atom stereocenters. The number of hydrogen-bond donors (Lipinski definition) is 2. The van der Waals surface area contributed by atoms with Crippen molar-refractivity contribution in [2.45, 2.75) is 46.5 Å². The van der Waals surface area contributed by atoms with E-state index in [4.69, 9.17) is 28.4 Å². The second-order valence-corrected chi connectivity index (χ2v) is 10.5. The Bertz CT molecular complexity index is 713. The molecule has 0 radical (unpaired) electrons. The standard InChI is InChI=1S/C28H48N2O8/c1-28(2,3)26(31)29-10-12-33-14-16-35-18-20-37-21-19-36-17-15-34-13-11-30-27(32)38-22-25-23-8-6-4-5-7-9-24(23)25/h23-25H,6-22H2,1-3H3,(H,29,31)(H,30,32)/t23-,24+,25?. The zero-order valence-corrected chi connectivity index (χ0v) is 23.5. The van der Waals surface area contributed by atoms with Gasteiger partial charge in [-0.3, -0.25) is 4.79 Å². The van der Waals surface area contributed by atoms with Crippen LogP contribution in [0.4, 0.5) is 4.79 Å². The lowest BCUT2D eigenvalue weighted by atomic mass is 9.96. The molecule has 38 heavy (non-hydrogen) atoms. The lowest BCUT2D eigenvalue weighted by Gasteiger charge is -2.17. The lowest BCUT2D eigenvalue weighted by molar-refractivity contribution is -0.128. The molecule has 218 valence electrons. The molecule has 2 N–H and O–H groups in total. The van der Waals surface area contributed by atoms with Gasteiger partial charge in [-0.2, -0.15) is 0 Å². The molecule has 10 nitrogen and oxygen atoms in total. The number of fused-ring (bicyclic) bond motifs is 1. The van der Waals surface area contributed by atoms with Crippen LogP contribution >= 0.6 is 0 Å². The van der Waals surface area contributed by atoms with Crippen LogP contribution in [0.3, 0.4) is 0 Å². The van der Waals surface area contributed by atoms with Crippen molar-refractivity contribution in [3.05, 3.63) is 0 Å². The van der Waals surface area contributed by atoms with Crippen molar-refractivity contribution in [2.75, 3.05) is 85.8 Å². The second kappa shape index (κ2) is 19.2. The van der Waals surface area contributed by atoms with E-state index in [9.17, 15) is 9.59 Å². The molecule has 1 unspecified atom stereocenters. The summed E-state index contributed by atoms with van der Waals surface area (Å²) >= 11 is 0. The first-order valence-corrected chi connectivity index (χ1v) is 13.9. The molecule has 1 saturated carbocycles. The fourth-order valence-corrected chi connectivity index (χ4v) is 4.21. The van der Waals surface area contributed by atoms with Crippen LogP contribution in [0.25, 0.3) is 0 Å². The monoisotopic (exact) mass is 540 g/mol. The Morgan fingerprint density at radius 1 is 0.684 bits per heavy atom. The molecule has 2 aliphatic carbocycles. The maximum absolute atomic E-state index is 11.9. The number of rotatable bonds is 20. The van der Waals surface area contributed by atoms with E-state index in [1.165, 1.54) is 0 Å². The molecule has 0 aromatic heterocycles. The van der Waals surface area contributed by atoms with Crippen LogP contribution in [-0.4, -0.2) is 97.8 Å². The molecule has 0 aliphatic heterocycles. The molecule has 2 rings (SSSR count). The summed E-state index contributed by atoms with van der Waals surface area (Å²) in [5.74, 6) is 8.26. The van der Waals surface area contributed by atoms with Crippen LogP contribution in [0, 0.1) is 35.0 Å². The van der Waals surface area contributed by atoms with E-state index in [1.54, 1.807) is 0 Å². The predicted octanol–water partition coefficient (Wildman–Crippen LogP) is 2.40. The third-order valence-electron chi connectivity index (χ3n) is 6.46. The summed E-state index contributed by atoms with van der Waals surface area (Å²) in [5.41, 5.74) is -0.386. The zero-order valence-electron chi connectivity index (χ0n) is 23.5. The van der Waals surface area contributed by atoms with Gasteiger partial charge < -0.3 is 39.1 Å². The van der Waals surface area contributed by atoms with E-state index in [0.29, 0.717) is 104 Å². The van der Waals surface area contributed by atoms with Gasteiger partial charge in [0.05, 0.1) is 72.7 Å². The molecule has 0 aromatic carbocycles. The average Bonchev–Trinajstić information content (AvgIpc) is 3.52. The predicted molar refractivity (Wildman–Crippen MR) is 143 cm³/mol. The molecule has 1 fully saturated rings. The maximum Gasteiger partial charge on any atom is 0.407 e. The molecule has 0 bridgehead atoms. The summed E-state index contributed by atoms with van der Waals surface area (Å²) in [6.45, 7) is 11.7. The SMILES string of the molecule is CC(C)(C)C(=O)NCCOCCOCCOCCOCCOCCNC(=O)OCC1[C@H]2CCC#CCC[C@@H]12. The van der Waals surface area contributed by atoms with Gasteiger partial charge in [0.15, 0.2) is 0 Å². The summed E-state index contributed by atoms with van der Waals surface area (Å²) in [6.07, 6.45) is 3.81. The number of nitrogens with one attached hydrogen (secondary N) is 2. The van der Waals surface area contributed by atoms with Crippen LogP contribution in [0.5, 0.6) is 0 Å². The minimum absolute atomic E-state index is 0.0143. The number of hydrogen-bond acceptors (Lipinski definition) is 8. The zero-order chi connectivity index (χ0) is 27.5. The Morgan fingerprint density at radius 2 is 1.11 bits per heavy atom. The Labute approximate surface area is 228 Å². The van der Waals surface area contributed by atoms with E-state index in [1.807, 2.05) is 20.8 Å². The Hall–Kier alpha value is -1.90.